The Labute approximate surface area is 105 Å². The summed E-state index contributed by atoms with van der Waals surface area (Å²) >= 11 is 0. The lowest BCUT2D eigenvalue weighted by atomic mass is 10.1. The van der Waals surface area contributed by atoms with Crippen molar-refractivity contribution >= 4 is 5.91 Å². The van der Waals surface area contributed by atoms with Gasteiger partial charge in [0, 0.05) is 43.3 Å². The summed E-state index contributed by atoms with van der Waals surface area (Å²) in [7, 11) is 0. The smallest absolute Gasteiger partial charge is 0.255 e. The van der Waals surface area contributed by atoms with E-state index in [1.165, 1.54) is 0 Å². The number of hydrogen-bond donors (Lipinski definition) is 1. The van der Waals surface area contributed by atoms with Gasteiger partial charge in [-0.15, -0.1) is 0 Å². The molecule has 1 atom stereocenters. The Bertz CT molecular complexity index is 523. The van der Waals surface area contributed by atoms with Crippen LogP contribution in [0.1, 0.15) is 28.4 Å². The first-order valence-electron chi connectivity index (χ1n) is 6.03. The fourth-order valence-corrected chi connectivity index (χ4v) is 2.36. The monoisotopic (exact) mass is 242 g/mol. The van der Waals surface area contributed by atoms with Crippen LogP contribution in [0.15, 0.2) is 36.8 Å². The van der Waals surface area contributed by atoms with Crippen LogP contribution >= 0.6 is 0 Å². The number of pyridine rings is 1. The maximum atomic E-state index is 12.2. The van der Waals surface area contributed by atoms with E-state index in [2.05, 4.69) is 15.2 Å². The second-order valence-corrected chi connectivity index (χ2v) is 4.49. The van der Waals surface area contributed by atoms with Gasteiger partial charge in [0.05, 0.1) is 5.56 Å². The average molecular weight is 242 g/mol. The molecule has 5 heteroatoms. The van der Waals surface area contributed by atoms with Gasteiger partial charge < -0.3 is 4.90 Å². The fraction of sp³-hybridized carbons (Fsp3) is 0.308. The number of likely N-dealkylation sites (tertiary alicyclic amines) is 1. The third kappa shape index (κ3) is 1.99. The zero-order valence-corrected chi connectivity index (χ0v) is 9.91. The minimum atomic E-state index is 0.0603. The van der Waals surface area contributed by atoms with Gasteiger partial charge in [0.2, 0.25) is 0 Å². The first kappa shape index (κ1) is 11.0. The van der Waals surface area contributed by atoms with Crippen LogP contribution in [0, 0.1) is 0 Å². The van der Waals surface area contributed by atoms with E-state index in [0.29, 0.717) is 11.5 Å². The number of carbonyl (C=O) groups excluding carboxylic acids is 1. The molecule has 1 amide bonds. The largest absolute Gasteiger partial charge is 0.338 e. The van der Waals surface area contributed by atoms with E-state index >= 15 is 0 Å². The SMILES string of the molecule is O=C(c1cccnc1)N1CCC(c2ccn[nH]2)C1. The van der Waals surface area contributed by atoms with E-state index in [9.17, 15) is 4.79 Å². The molecule has 0 aromatic carbocycles. The van der Waals surface area contributed by atoms with Crippen molar-refractivity contribution in [3.8, 4) is 0 Å². The molecule has 0 spiro atoms. The highest BCUT2D eigenvalue weighted by molar-refractivity contribution is 5.94. The van der Waals surface area contributed by atoms with Gasteiger partial charge >= 0.3 is 0 Å². The number of H-pyrrole nitrogens is 1. The molecule has 3 rings (SSSR count). The number of nitrogens with zero attached hydrogens (tertiary/aromatic N) is 3. The fourth-order valence-electron chi connectivity index (χ4n) is 2.36. The van der Waals surface area contributed by atoms with Crippen LogP contribution in [0.4, 0.5) is 0 Å². The van der Waals surface area contributed by atoms with E-state index in [-0.39, 0.29) is 5.91 Å². The first-order chi connectivity index (χ1) is 8.84. The first-order valence-corrected chi connectivity index (χ1v) is 6.03. The number of aromatic nitrogens is 3. The van der Waals surface area contributed by atoms with Gasteiger partial charge in [-0.05, 0) is 24.6 Å². The Morgan fingerprint density at radius 2 is 2.33 bits per heavy atom. The lowest BCUT2D eigenvalue weighted by Gasteiger charge is -2.15. The molecule has 0 saturated carbocycles. The Kier molecular flexibility index (Phi) is 2.80. The molecule has 1 saturated heterocycles. The zero-order valence-electron chi connectivity index (χ0n) is 9.91. The molecule has 0 aliphatic carbocycles. The van der Waals surface area contributed by atoms with Crippen molar-refractivity contribution in [3.05, 3.63) is 48.0 Å². The molecule has 1 fully saturated rings. The average Bonchev–Trinajstić information content (AvgIpc) is 3.09. The highest BCUT2D eigenvalue weighted by atomic mass is 16.2. The molecule has 1 unspecified atom stereocenters. The summed E-state index contributed by atoms with van der Waals surface area (Å²) < 4.78 is 0. The third-order valence-corrected chi connectivity index (χ3v) is 3.35. The predicted octanol–water partition coefficient (Wildman–Crippen LogP) is 1.43. The summed E-state index contributed by atoms with van der Waals surface area (Å²) in [6.45, 7) is 1.54. The van der Waals surface area contributed by atoms with Crippen LogP contribution in [-0.2, 0) is 0 Å². The van der Waals surface area contributed by atoms with E-state index in [0.717, 1.165) is 25.2 Å². The molecule has 2 aromatic heterocycles. The molecular weight excluding hydrogens is 228 g/mol. The Morgan fingerprint density at radius 1 is 1.39 bits per heavy atom. The van der Waals surface area contributed by atoms with Gasteiger partial charge in [-0.1, -0.05) is 0 Å². The van der Waals surface area contributed by atoms with Crippen LogP contribution < -0.4 is 0 Å². The van der Waals surface area contributed by atoms with Crippen LogP contribution in [0.2, 0.25) is 0 Å². The van der Waals surface area contributed by atoms with Crippen LogP contribution in [0.3, 0.4) is 0 Å². The number of aromatic amines is 1. The van der Waals surface area contributed by atoms with E-state index < -0.39 is 0 Å². The number of hydrogen-bond acceptors (Lipinski definition) is 3. The minimum absolute atomic E-state index is 0.0603. The zero-order chi connectivity index (χ0) is 12.4. The molecule has 3 heterocycles. The van der Waals surface area contributed by atoms with Crippen molar-refractivity contribution in [2.75, 3.05) is 13.1 Å². The molecule has 92 valence electrons. The van der Waals surface area contributed by atoms with Crippen molar-refractivity contribution in [2.45, 2.75) is 12.3 Å². The van der Waals surface area contributed by atoms with Gasteiger partial charge in [-0.2, -0.15) is 5.10 Å². The predicted molar refractivity (Wildman–Crippen MR) is 66.1 cm³/mol. The molecule has 1 aliphatic rings. The van der Waals surface area contributed by atoms with Crippen LogP contribution in [-0.4, -0.2) is 39.1 Å². The van der Waals surface area contributed by atoms with E-state index in [4.69, 9.17) is 0 Å². The molecule has 5 nitrogen and oxygen atoms in total. The summed E-state index contributed by atoms with van der Waals surface area (Å²) in [6.07, 6.45) is 6.02. The normalized spacial score (nSPS) is 19.1. The maximum absolute atomic E-state index is 12.2. The highest BCUT2D eigenvalue weighted by Crippen LogP contribution is 2.26. The summed E-state index contributed by atoms with van der Waals surface area (Å²) in [5.74, 6) is 0.429. The molecule has 1 aliphatic heterocycles. The van der Waals surface area contributed by atoms with Crippen molar-refractivity contribution in [1.29, 1.82) is 0 Å². The standard InChI is InChI=1S/C13H14N4O/c18-13(10-2-1-5-14-8-10)17-7-4-11(9-17)12-3-6-15-16-12/h1-3,5-6,8,11H,4,7,9H2,(H,15,16). The summed E-state index contributed by atoms with van der Waals surface area (Å²) in [6, 6.07) is 5.57. The molecule has 0 radical (unpaired) electrons. The van der Waals surface area contributed by atoms with Crippen molar-refractivity contribution < 1.29 is 4.79 Å². The van der Waals surface area contributed by atoms with Gasteiger partial charge in [0.1, 0.15) is 0 Å². The van der Waals surface area contributed by atoms with E-state index in [1.807, 2.05) is 11.0 Å². The van der Waals surface area contributed by atoms with Crippen molar-refractivity contribution in [3.63, 3.8) is 0 Å². The maximum Gasteiger partial charge on any atom is 0.255 e. The van der Waals surface area contributed by atoms with Gasteiger partial charge in [0.25, 0.3) is 5.91 Å². The second-order valence-electron chi connectivity index (χ2n) is 4.49. The molecule has 0 bridgehead atoms. The minimum Gasteiger partial charge on any atom is -0.338 e. The van der Waals surface area contributed by atoms with Gasteiger partial charge in [-0.3, -0.25) is 14.9 Å². The van der Waals surface area contributed by atoms with Crippen molar-refractivity contribution in [1.82, 2.24) is 20.1 Å². The lowest BCUT2D eigenvalue weighted by Crippen LogP contribution is -2.28. The van der Waals surface area contributed by atoms with E-state index in [1.54, 1.807) is 30.7 Å². The molecule has 2 aromatic rings. The number of nitrogens with one attached hydrogen (secondary N) is 1. The molecule has 18 heavy (non-hydrogen) atoms. The number of carbonyl (C=O) groups is 1. The Morgan fingerprint density at radius 3 is 3.06 bits per heavy atom. The molecular formula is C13H14N4O. The summed E-state index contributed by atoms with van der Waals surface area (Å²) in [5.41, 5.74) is 1.76. The summed E-state index contributed by atoms with van der Waals surface area (Å²) in [5, 5.41) is 6.93. The number of amides is 1. The summed E-state index contributed by atoms with van der Waals surface area (Å²) in [4.78, 5) is 18.1. The van der Waals surface area contributed by atoms with Crippen LogP contribution in [0.25, 0.3) is 0 Å². The van der Waals surface area contributed by atoms with Crippen LogP contribution in [0.5, 0.6) is 0 Å². The van der Waals surface area contributed by atoms with Gasteiger partial charge in [0.15, 0.2) is 0 Å². The van der Waals surface area contributed by atoms with Gasteiger partial charge in [-0.25, -0.2) is 0 Å². The molecule has 1 N–H and O–H groups in total. The Hall–Kier alpha value is -2.17. The second kappa shape index (κ2) is 4.60. The highest BCUT2D eigenvalue weighted by Gasteiger charge is 2.28. The quantitative estimate of drug-likeness (QED) is 0.866. The topological polar surface area (TPSA) is 61.9 Å². The number of rotatable bonds is 2. The third-order valence-electron chi connectivity index (χ3n) is 3.35. The lowest BCUT2D eigenvalue weighted by molar-refractivity contribution is 0.0790. The Balaban J connectivity index is 1.71. The van der Waals surface area contributed by atoms with Crippen molar-refractivity contribution in [2.24, 2.45) is 0 Å².